The first-order valence-corrected chi connectivity index (χ1v) is 10.8. The van der Waals surface area contributed by atoms with Gasteiger partial charge in [0.25, 0.3) is 5.56 Å². The predicted octanol–water partition coefficient (Wildman–Crippen LogP) is 3.89. The summed E-state index contributed by atoms with van der Waals surface area (Å²) in [6.45, 7) is 4.61. The van der Waals surface area contributed by atoms with E-state index in [-0.39, 0.29) is 11.7 Å². The highest BCUT2D eigenvalue weighted by molar-refractivity contribution is 7.80. The van der Waals surface area contributed by atoms with Gasteiger partial charge in [-0.25, -0.2) is 0 Å². The molecular formula is C24H27N3O2S. The molecule has 0 aliphatic carbocycles. The first-order valence-electron chi connectivity index (χ1n) is 10.4. The van der Waals surface area contributed by atoms with Crippen LogP contribution in [0.5, 0.6) is 0 Å². The van der Waals surface area contributed by atoms with Crippen LogP contribution in [0.2, 0.25) is 0 Å². The Morgan fingerprint density at radius 2 is 2.07 bits per heavy atom. The number of nitrogens with zero attached hydrogens (tertiary/aromatic N) is 1. The van der Waals surface area contributed by atoms with Crippen molar-refractivity contribution in [2.75, 3.05) is 13.2 Å². The van der Waals surface area contributed by atoms with Crippen LogP contribution in [0.4, 0.5) is 0 Å². The van der Waals surface area contributed by atoms with Gasteiger partial charge in [-0.2, -0.15) is 0 Å². The SMILES string of the molecule is Cc1ccc2[nH]c(=O)c(CN(CC3CCCO3)C(=S)NCc3ccccc3)cc2c1. The Morgan fingerprint density at radius 3 is 2.83 bits per heavy atom. The van der Waals surface area contributed by atoms with E-state index in [0.717, 1.165) is 41.5 Å². The van der Waals surface area contributed by atoms with E-state index in [1.54, 1.807) is 0 Å². The highest BCUT2D eigenvalue weighted by Gasteiger charge is 2.22. The van der Waals surface area contributed by atoms with Gasteiger partial charge >= 0.3 is 0 Å². The van der Waals surface area contributed by atoms with Crippen molar-refractivity contribution in [3.63, 3.8) is 0 Å². The monoisotopic (exact) mass is 421 g/mol. The lowest BCUT2D eigenvalue weighted by molar-refractivity contribution is 0.0896. The second kappa shape index (κ2) is 9.41. The van der Waals surface area contributed by atoms with Crippen LogP contribution in [0.25, 0.3) is 10.9 Å². The van der Waals surface area contributed by atoms with E-state index in [2.05, 4.69) is 40.3 Å². The second-order valence-electron chi connectivity index (χ2n) is 7.87. The molecule has 1 atom stereocenters. The molecule has 4 rings (SSSR count). The summed E-state index contributed by atoms with van der Waals surface area (Å²) in [6.07, 6.45) is 2.23. The molecule has 1 fully saturated rings. The Bertz CT molecular complexity index is 1070. The Hall–Kier alpha value is -2.70. The number of aromatic nitrogens is 1. The van der Waals surface area contributed by atoms with Crippen LogP contribution < -0.4 is 10.9 Å². The number of rotatable bonds is 6. The molecule has 30 heavy (non-hydrogen) atoms. The number of hydrogen-bond acceptors (Lipinski definition) is 3. The highest BCUT2D eigenvalue weighted by atomic mass is 32.1. The number of fused-ring (bicyclic) bond motifs is 1. The van der Waals surface area contributed by atoms with Crippen LogP contribution in [-0.2, 0) is 17.8 Å². The van der Waals surface area contributed by atoms with Gasteiger partial charge in [0.05, 0.1) is 12.6 Å². The lowest BCUT2D eigenvalue weighted by Crippen LogP contribution is -2.43. The predicted molar refractivity (Wildman–Crippen MR) is 125 cm³/mol. The zero-order chi connectivity index (χ0) is 20.9. The quantitative estimate of drug-likeness (QED) is 0.592. The zero-order valence-electron chi connectivity index (χ0n) is 17.2. The molecule has 2 aromatic carbocycles. The third-order valence-corrected chi connectivity index (χ3v) is 5.86. The first-order chi connectivity index (χ1) is 14.6. The lowest BCUT2D eigenvalue weighted by atomic mass is 10.1. The van der Waals surface area contributed by atoms with Gasteiger partial charge in [-0.1, -0.05) is 42.0 Å². The summed E-state index contributed by atoms with van der Waals surface area (Å²) >= 11 is 5.72. The van der Waals surface area contributed by atoms with E-state index < -0.39 is 0 Å². The third kappa shape index (κ3) is 5.07. The molecule has 0 spiro atoms. The summed E-state index contributed by atoms with van der Waals surface area (Å²) in [7, 11) is 0. The van der Waals surface area contributed by atoms with E-state index in [0.29, 0.717) is 30.3 Å². The van der Waals surface area contributed by atoms with Crippen LogP contribution >= 0.6 is 12.2 Å². The van der Waals surface area contributed by atoms with Gasteiger partial charge in [0.1, 0.15) is 0 Å². The Labute approximate surface area is 182 Å². The number of aromatic amines is 1. The van der Waals surface area contributed by atoms with Crippen molar-refractivity contribution in [3.8, 4) is 0 Å². The van der Waals surface area contributed by atoms with Gasteiger partial charge in [0, 0.05) is 30.8 Å². The van der Waals surface area contributed by atoms with Crippen LogP contribution in [0.3, 0.4) is 0 Å². The highest BCUT2D eigenvalue weighted by Crippen LogP contribution is 2.17. The summed E-state index contributed by atoms with van der Waals surface area (Å²) in [5.41, 5.74) is 3.81. The fourth-order valence-corrected chi connectivity index (χ4v) is 4.04. The minimum atomic E-state index is -0.0745. The summed E-state index contributed by atoms with van der Waals surface area (Å²) < 4.78 is 5.84. The molecule has 0 saturated carbocycles. The summed E-state index contributed by atoms with van der Waals surface area (Å²) in [5, 5.41) is 5.02. The largest absolute Gasteiger partial charge is 0.376 e. The van der Waals surface area contributed by atoms with Crippen molar-refractivity contribution in [3.05, 3.63) is 81.6 Å². The maximum absolute atomic E-state index is 12.7. The molecule has 3 aromatic rings. The second-order valence-corrected chi connectivity index (χ2v) is 8.26. The van der Waals surface area contributed by atoms with Crippen molar-refractivity contribution in [2.24, 2.45) is 0 Å². The molecule has 0 amide bonds. The van der Waals surface area contributed by atoms with Gasteiger partial charge in [0.15, 0.2) is 5.11 Å². The number of thiocarbonyl (C=S) groups is 1. The molecule has 2 N–H and O–H groups in total. The molecule has 156 valence electrons. The van der Waals surface area contributed by atoms with E-state index in [1.165, 1.54) is 0 Å². The number of ether oxygens (including phenoxy) is 1. The summed E-state index contributed by atoms with van der Waals surface area (Å²) in [4.78, 5) is 17.8. The molecule has 2 heterocycles. The lowest BCUT2D eigenvalue weighted by Gasteiger charge is -2.28. The summed E-state index contributed by atoms with van der Waals surface area (Å²) in [6, 6.07) is 18.2. The maximum Gasteiger partial charge on any atom is 0.253 e. The first kappa shape index (κ1) is 20.6. The Morgan fingerprint density at radius 1 is 1.23 bits per heavy atom. The van der Waals surface area contributed by atoms with Crippen molar-refractivity contribution in [1.29, 1.82) is 0 Å². The van der Waals surface area contributed by atoms with E-state index in [9.17, 15) is 4.79 Å². The zero-order valence-corrected chi connectivity index (χ0v) is 18.0. The minimum absolute atomic E-state index is 0.0745. The number of benzene rings is 2. The normalized spacial score (nSPS) is 16.0. The van der Waals surface area contributed by atoms with Crippen molar-refractivity contribution in [1.82, 2.24) is 15.2 Å². The molecule has 1 aromatic heterocycles. The van der Waals surface area contributed by atoms with Gasteiger partial charge in [-0.15, -0.1) is 0 Å². The average molecular weight is 422 g/mol. The van der Waals surface area contributed by atoms with Crippen LogP contribution in [-0.4, -0.2) is 34.3 Å². The van der Waals surface area contributed by atoms with Crippen molar-refractivity contribution < 1.29 is 4.74 Å². The molecule has 0 bridgehead atoms. The van der Waals surface area contributed by atoms with Crippen LogP contribution in [0.1, 0.15) is 29.5 Å². The third-order valence-electron chi connectivity index (χ3n) is 5.46. The molecule has 5 nitrogen and oxygen atoms in total. The molecule has 1 unspecified atom stereocenters. The minimum Gasteiger partial charge on any atom is -0.376 e. The Kier molecular flexibility index (Phi) is 6.45. The maximum atomic E-state index is 12.7. The van der Waals surface area contributed by atoms with E-state index in [4.69, 9.17) is 17.0 Å². The number of aryl methyl sites for hydroxylation is 1. The van der Waals surface area contributed by atoms with Gasteiger partial charge in [0.2, 0.25) is 0 Å². The van der Waals surface area contributed by atoms with Gasteiger partial charge in [-0.05, 0) is 61.1 Å². The standard InChI is InChI=1S/C24H27N3O2S/c1-17-9-10-22-19(12-17)13-20(23(28)26-22)15-27(16-21-8-5-11-29-21)24(30)25-14-18-6-3-2-4-7-18/h2-4,6-7,9-10,12-13,21H,5,8,11,14-16H2,1H3,(H,25,30)(H,26,28). The van der Waals surface area contributed by atoms with Gasteiger partial charge in [-0.3, -0.25) is 4.79 Å². The molecule has 1 saturated heterocycles. The fourth-order valence-electron chi connectivity index (χ4n) is 3.83. The van der Waals surface area contributed by atoms with E-state index >= 15 is 0 Å². The number of hydrogen-bond donors (Lipinski definition) is 2. The molecule has 6 heteroatoms. The smallest absolute Gasteiger partial charge is 0.253 e. The molecule has 0 radical (unpaired) electrons. The number of H-pyrrole nitrogens is 1. The van der Waals surface area contributed by atoms with Gasteiger partial charge < -0.3 is 19.9 Å². The molecule has 1 aliphatic rings. The summed E-state index contributed by atoms with van der Waals surface area (Å²) in [5.74, 6) is 0. The Balaban J connectivity index is 1.54. The van der Waals surface area contributed by atoms with E-state index in [1.807, 2.05) is 36.4 Å². The molecular weight excluding hydrogens is 394 g/mol. The topological polar surface area (TPSA) is 57.4 Å². The van der Waals surface area contributed by atoms with Crippen molar-refractivity contribution >= 4 is 28.2 Å². The number of nitrogens with one attached hydrogen (secondary N) is 2. The van der Waals surface area contributed by atoms with Crippen LogP contribution in [0.15, 0.2) is 59.4 Å². The average Bonchev–Trinajstić information content (AvgIpc) is 3.26. The molecule has 1 aliphatic heterocycles. The fraction of sp³-hybridized carbons (Fsp3) is 0.333. The van der Waals surface area contributed by atoms with Crippen LogP contribution in [0, 0.1) is 6.92 Å². The van der Waals surface area contributed by atoms with Crippen molar-refractivity contribution in [2.45, 2.75) is 39.0 Å². The number of pyridine rings is 1.